The van der Waals surface area contributed by atoms with Crippen LogP contribution in [0.2, 0.25) is 10.0 Å². The zero-order valence-corrected chi connectivity index (χ0v) is 19.2. The molecule has 0 radical (unpaired) electrons. The maximum Gasteiger partial charge on any atom is 0.231 e. The zero-order chi connectivity index (χ0) is 22.3. The lowest BCUT2D eigenvalue weighted by molar-refractivity contribution is -0.133. The van der Waals surface area contributed by atoms with Gasteiger partial charge in [-0.05, 0) is 54.7 Å². The highest BCUT2D eigenvalue weighted by molar-refractivity contribution is 7.77. The van der Waals surface area contributed by atoms with E-state index in [1.54, 1.807) is 24.3 Å². The molecule has 0 aliphatic carbocycles. The van der Waals surface area contributed by atoms with Crippen molar-refractivity contribution >= 4 is 53.3 Å². The molecule has 1 amide bonds. The van der Waals surface area contributed by atoms with Gasteiger partial charge < -0.3 is 16.0 Å². The fraction of sp³-hybridized carbons (Fsp3) is 0.381. The van der Waals surface area contributed by atoms with Crippen LogP contribution in [-0.2, 0) is 4.79 Å². The molecule has 1 aliphatic heterocycles. The lowest BCUT2D eigenvalue weighted by Crippen LogP contribution is -2.42. The van der Waals surface area contributed by atoms with Crippen molar-refractivity contribution in [1.29, 1.82) is 0 Å². The SMILES string of the molecule is CC1CCN(C(=O)C(CNc2cccc(F)c2)c2cc(Cl)c(N)c(Cl)c2)CC1.NS. The van der Waals surface area contributed by atoms with Crippen LogP contribution in [0.5, 0.6) is 0 Å². The van der Waals surface area contributed by atoms with Gasteiger partial charge >= 0.3 is 0 Å². The predicted octanol–water partition coefficient (Wildman–Crippen LogP) is 4.96. The molecule has 2 aromatic rings. The van der Waals surface area contributed by atoms with Gasteiger partial charge in [0.1, 0.15) is 5.82 Å². The highest BCUT2D eigenvalue weighted by Crippen LogP contribution is 2.33. The summed E-state index contributed by atoms with van der Waals surface area (Å²) in [5, 5.41) is 7.99. The fourth-order valence-electron chi connectivity index (χ4n) is 3.42. The Morgan fingerprint density at radius 3 is 2.40 bits per heavy atom. The van der Waals surface area contributed by atoms with Crippen LogP contribution in [0.3, 0.4) is 0 Å². The number of halogens is 3. The molecule has 9 heteroatoms. The Labute approximate surface area is 192 Å². The number of nitrogens with two attached hydrogens (primary N) is 2. The van der Waals surface area contributed by atoms with E-state index >= 15 is 0 Å². The Kier molecular flexibility index (Phi) is 9.55. The minimum atomic E-state index is -0.507. The van der Waals surface area contributed by atoms with Crippen molar-refractivity contribution < 1.29 is 9.18 Å². The van der Waals surface area contributed by atoms with Gasteiger partial charge in [0.05, 0.1) is 21.7 Å². The van der Waals surface area contributed by atoms with Gasteiger partial charge in [-0.2, -0.15) is 0 Å². The first kappa shape index (κ1) is 24.6. The number of nitrogen functional groups attached to an aromatic ring is 1. The number of nitrogens with one attached hydrogen (secondary N) is 1. The fourth-order valence-corrected chi connectivity index (χ4v) is 3.92. The Bertz CT molecular complexity index is 840. The number of benzene rings is 2. The number of thiol groups is 1. The van der Waals surface area contributed by atoms with Gasteiger partial charge in [0.15, 0.2) is 0 Å². The van der Waals surface area contributed by atoms with Gasteiger partial charge in [0.25, 0.3) is 0 Å². The normalized spacial score (nSPS) is 15.2. The third kappa shape index (κ3) is 6.41. The Morgan fingerprint density at radius 1 is 1.23 bits per heavy atom. The summed E-state index contributed by atoms with van der Waals surface area (Å²) in [5.41, 5.74) is 7.45. The molecule has 5 N–H and O–H groups in total. The largest absolute Gasteiger partial charge is 0.396 e. The van der Waals surface area contributed by atoms with E-state index in [1.165, 1.54) is 12.1 Å². The van der Waals surface area contributed by atoms with Crippen LogP contribution in [0.25, 0.3) is 0 Å². The van der Waals surface area contributed by atoms with Gasteiger partial charge in [0.2, 0.25) is 5.91 Å². The van der Waals surface area contributed by atoms with Crippen molar-refractivity contribution in [3.63, 3.8) is 0 Å². The number of piperidine rings is 1. The van der Waals surface area contributed by atoms with E-state index in [1.807, 2.05) is 4.90 Å². The Morgan fingerprint density at radius 2 is 1.83 bits per heavy atom. The van der Waals surface area contributed by atoms with Crippen LogP contribution in [0.1, 0.15) is 31.2 Å². The number of hydrogen-bond acceptors (Lipinski definition) is 5. The highest BCUT2D eigenvalue weighted by atomic mass is 35.5. The molecule has 5 nitrogen and oxygen atoms in total. The van der Waals surface area contributed by atoms with Gasteiger partial charge in [0, 0.05) is 25.3 Å². The molecule has 30 heavy (non-hydrogen) atoms. The Balaban J connectivity index is 0.00000155. The summed E-state index contributed by atoms with van der Waals surface area (Å²) in [4.78, 5) is 15.2. The predicted molar refractivity (Wildman–Crippen MR) is 127 cm³/mol. The van der Waals surface area contributed by atoms with Crippen molar-refractivity contribution in [2.75, 3.05) is 30.7 Å². The molecule has 0 spiro atoms. The smallest absolute Gasteiger partial charge is 0.231 e. The lowest BCUT2D eigenvalue weighted by Gasteiger charge is -2.33. The molecule has 1 aliphatic rings. The van der Waals surface area contributed by atoms with Crippen molar-refractivity contribution in [2.45, 2.75) is 25.7 Å². The summed E-state index contributed by atoms with van der Waals surface area (Å²) in [6, 6.07) is 9.53. The second-order valence-corrected chi connectivity index (χ2v) is 8.16. The molecule has 164 valence electrons. The molecule has 0 aromatic heterocycles. The van der Waals surface area contributed by atoms with Crippen molar-refractivity contribution in [3.8, 4) is 0 Å². The van der Waals surface area contributed by atoms with E-state index in [0.717, 1.165) is 25.9 Å². The number of anilines is 2. The topological polar surface area (TPSA) is 84.4 Å². The number of hydrogen-bond donors (Lipinski definition) is 4. The van der Waals surface area contributed by atoms with Crippen LogP contribution >= 0.6 is 36.0 Å². The monoisotopic (exact) mass is 472 g/mol. The Hall–Kier alpha value is -1.67. The molecule has 3 rings (SSSR count). The summed E-state index contributed by atoms with van der Waals surface area (Å²) in [5.74, 6) is -0.218. The summed E-state index contributed by atoms with van der Waals surface area (Å²) in [6.07, 6.45) is 1.97. The quantitative estimate of drug-likeness (QED) is 0.366. The van der Waals surface area contributed by atoms with Crippen molar-refractivity contribution in [2.24, 2.45) is 11.1 Å². The highest BCUT2D eigenvalue weighted by Gasteiger charge is 2.29. The van der Waals surface area contributed by atoms with E-state index in [0.29, 0.717) is 39.4 Å². The second-order valence-electron chi connectivity index (χ2n) is 7.35. The molecule has 2 aromatic carbocycles. The summed E-state index contributed by atoms with van der Waals surface area (Å²) in [7, 11) is 0. The average molecular weight is 473 g/mol. The second kappa shape index (κ2) is 11.6. The first-order chi connectivity index (χ1) is 14.3. The average Bonchev–Trinajstić information content (AvgIpc) is 2.74. The maximum atomic E-state index is 13.5. The number of likely N-dealkylation sites (tertiary alicyclic amines) is 1. The van der Waals surface area contributed by atoms with E-state index < -0.39 is 5.92 Å². The molecule has 0 saturated carbocycles. The molecule has 1 unspecified atom stereocenters. The van der Waals surface area contributed by atoms with E-state index in [4.69, 9.17) is 28.9 Å². The van der Waals surface area contributed by atoms with Crippen LogP contribution in [-0.4, -0.2) is 30.4 Å². The molecular formula is C21H27Cl2FN4OS. The summed E-state index contributed by atoms with van der Waals surface area (Å²) >= 11 is 15.4. The first-order valence-electron chi connectivity index (χ1n) is 9.63. The number of amides is 1. The maximum absolute atomic E-state index is 13.5. The number of carbonyl (C=O) groups excluding carboxylic acids is 1. The molecule has 1 fully saturated rings. The van der Waals surface area contributed by atoms with Crippen LogP contribution in [0.4, 0.5) is 15.8 Å². The molecule has 0 bridgehead atoms. The van der Waals surface area contributed by atoms with Crippen LogP contribution < -0.4 is 16.2 Å². The van der Waals surface area contributed by atoms with Crippen molar-refractivity contribution in [3.05, 3.63) is 57.8 Å². The third-order valence-electron chi connectivity index (χ3n) is 5.23. The zero-order valence-electron chi connectivity index (χ0n) is 16.7. The molecule has 1 atom stereocenters. The molecular weight excluding hydrogens is 446 g/mol. The summed E-state index contributed by atoms with van der Waals surface area (Å²) < 4.78 is 13.5. The van der Waals surface area contributed by atoms with E-state index in [2.05, 4.69) is 30.2 Å². The first-order valence-corrected chi connectivity index (χ1v) is 10.9. The van der Waals surface area contributed by atoms with Gasteiger partial charge in [-0.1, -0.05) is 36.2 Å². The van der Waals surface area contributed by atoms with E-state index in [9.17, 15) is 9.18 Å². The third-order valence-corrected chi connectivity index (χ3v) is 5.86. The number of carbonyl (C=O) groups is 1. The lowest BCUT2D eigenvalue weighted by atomic mass is 9.93. The van der Waals surface area contributed by atoms with Crippen LogP contribution in [0, 0.1) is 11.7 Å². The van der Waals surface area contributed by atoms with Gasteiger partial charge in [-0.3, -0.25) is 9.93 Å². The molecule has 1 saturated heterocycles. The van der Waals surface area contributed by atoms with Gasteiger partial charge in [-0.25, -0.2) is 4.39 Å². The van der Waals surface area contributed by atoms with Crippen LogP contribution in [0.15, 0.2) is 36.4 Å². The van der Waals surface area contributed by atoms with Crippen molar-refractivity contribution in [1.82, 2.24) is 4.90 Å². The molecule has 1 heterocycles. The van der Waals surface area contributed by atoms with E-state index in [-0.39, 0.29) is 11.7 Å². The standard InChI is InChI=1S/C21H24Cl2FN3O.H3NS/c1-13-5-7-27(8-6-13)21(28)17(12-26-16-4-2-3-15(24)11-16)14-9-18(22)20(25)19(23)10-14;1-2/h2-4,9-11,13,17,26H,5-8,12,25H2,1H3;2H,1H2. The minimum absolute atomic E-state index is 0.00714. The summed E-state index contributed by atoms with van der Waals surface area (Å²) in [6.45, 7) is 3.95. The minimum Gasteiger partial charge on any atom is -0.396 e. The van der Waals surface area contributed by atoms with Gasteiger partial charge in [-0.15, -0.1) is 12.8 Å². The number of rotatable bonds is 5. The number of nitrogens with zero attached hydrogens (tertiary/aromatic N) is 1.